The van der Waals surface area contributed by atoms with Gasteiger partial charge in [0.25, 0.3) is 5.91 Å². The van der Waals surface area contributed by atoms with Gasteiger partial charge in [0.15, 0.2) is 0 Å². The number of aryl methyl sites for hydroxylation is 1. The highest BCUT2D eigenvalue weighted by molar-refractivity contribution is 14.1. The molecule has 0 spiro atoms. The van der Waals surface area contributed by atoms with E-state index in [2.05, 4.69) is 10.3 Å². The molecule has 1 aromatic heterocycles. The number of aromatic nitrogens is 1. The van der Waals surface area contributed by atoms with Crippen molar-refractivity contribution in [3.63, 3.8) is 0 Å². The molecule has 0 unspecified atom stereocenters. The average molecular weight is 493 g/mol. The first-order valence-electron chi connectivity index (χ1n) is 8.39. The van der Waals surface area contributed by atoms with Crippen LogP contribution in [0.3, 0.4) is 0 Å². The van der Waals surface area contributed by atoms with Gasteiger partial charge in [-0.2, -0.15) is 0 Å². The largest absolute Gasteiger partial charge is 0.478 e. The molecule has 27 heavy (non-hydrogen) atoms. The maximum absolute atomic E-state index is 13.2. The first kappa shape index (κ1) is 18.2. The molecule has 3 aromatic rings. The van der Waals surface area contributed by atoms with Crippen molar-refractivity contribution >= 4 is 62.7 Å². The minimum absolute atomic E-state index is 0.0586. The lowest BCUT2D eigenvalue weighted by Crippen LogP contribution is -2.18. The van der Waals surface area contributed by atoms with Crippen molar-refractivity contribution in [3.8, 4) is 0 Å². The predicted molar refractivity (Wildman–Crippen MR) is 113 cm³/mol. The molecule has 1 aliphatic carbocycles. The molecule has 0 aliphatic heterocycles. The van der Waals surface area contributed by atoms with Crippen LogP contribution in [0.4, 0.5) is 5.69 Å². The van der Waals surface area contributed by atoms with Gasteiger partial charge in [-0.1, -0.05) is 11.6 Å². The molecule has 4 rings (SSSR count). The van der Waals surface area contributed by atoms with Crippen LogP contribution in [0.2, 0.25) is 5.02 Å². The zero-order valence-electron chi connectivity index (χ0n) is 14.1. The van der Waals surface area contributed by atoms with Crippen LogP contribution < -0.4 is 5.32 Å². The van der Waals surface area contributed by atoms with E-state index in [0.29, 0.717) is 21.5 Å². The summed E-state index contributed by atoms with van der Waals surface area (Å²) in [6, 6.07) is 10.2. The molecule has 0 saturated carbocycles. The first-order valence-corrected chi connectivity index (χ1v) is 9.85. The van der Waals surface area contributed by atoms with Gasteiger partial charge in [-0.15, -0.1) is 0 Å². The maximum atomic E-state index is 13.2. The van der Waals surface area contributed by atoms with Crippen molar-refractivity contribution in [3.05, 3.63) is 67.4 Å². The molecule has 1 amide bonds. The summed E-state index contributed by atoms with van der Waals surface area (Å²) in [6.07, 6.45) is 2.54. The summed E-state index contributed by atoms with van der Waals surface area (Å²) in [5, 5.41) is 13.4. The van der Waals surface area contributed by atoms with Crippen LogP contribution in [0.5, 0.6) is 0 Å². The quantitative estimate of drug-likeness (QED) is 0.508. The Labute approximate surface area is 173 Å². The zero-order chi connectivity index (χ0) is 19.1. The lowest BCUT2D eigenvalue weighted by atomic mass is 10.00. The molecule has 2 aromatic carbocycles. The number of nitrogens with one attached hydrogen (secondary N) is 1. The summed E-state index contributed by atoms with van der Waals surface area (Å²) in [4.78, 5) is 29.4. The molecule has 0 fully saturated rings. The fourth-order valence-electron chi connectivity index (χ4n) is 3.48. The van der Waals surface area contributed by atoms with Gasteiger partial charge in [-0.3, -0.25) is 9.78 Å². The first-order chi connectivity index (χ1) is 12.9. The summed E-state index contributed by atoms with van der Waals surface area (Å²) in [5.41, 5.74) is 3.42. The van der Waals surface area contributed by atoms with E-state index in [-0.39, 0.29) is 17.2 Å². The second-order valence-electron chi connectivity index (χ2n) is 6.38. The Kier molecular flexibility index (Phi) is 4.77. The number of amides is 1. The van der Waals surface area contributed by atoms with Crippen LogP contribution >= 0.6 is 34.2 Å². The van der Waals surface area contributed by atoms with E-state index in [9.17, 15) is 14.7 Å². The van der Waals surface area contributed by atoms with Crippen LogP contribution in [-0.2, 0) is 12.8 Å². The fraction of sp³-hybridized carbons (Fsp3) is 0.150. The number of carboxylic acids is 1. The molecule has 0 bridgehead atoms. The molecular weight excluding hydrogens is 479 g/mol. The molecule has 7 heteroatoms. The molecule has 0 radical (unpaired) electrons. The molecule has 0 atom stereocenters. The number of hydrogen-bond acceptors (Lipinski definition) is 3. The van der Waals surface area contributed by atoms with Crippen molar-refractivity contribution in [2.75, 3.05) is 5.32 Å². The van der Waals surface area contributed by atoms with Crippen molar-refractivity contribution in [1.29, 1.82) is 0 Å². The van der Waals surface area contributed by atoms with Gasteiger partial charge in [0.05, 0.1) is 22.3 Å². The number of carbonyl (C=O) groups is 2. The minimum atomic E-state index is -1.09. The van der Waals surface area contributed by atoms with Gasteiger partial charge in [0.2, 0.25) is 0 Å². The number of benzene rings is 2. The van der Waals surface area contributed by atoms with Gasteiger partial charge < -0.3 is 10.4 Å². The van der Waals surface area contributed by atoms with E-state index in [1.807, 2.05) is 22.6 Å². The van der Waals surface area contributed by atoms with Gasteiger partial charge in [-0.25, -0.2) is 4.79 Å². The molecule has 1 heterocycles. The summed E-state index contributed by atoms with van der Waals surface area (Å²) >= 11 is 8.19. The number of nitrogens with zero attached hydrogens (tertiary/aromatic N) is 1. The minimum Gasteiger partial charge on any atom is -0.478 e. The summed E-state index contributed by atoms with van der Waals surface area (Å²) in [7, 11) is 0. The van der Waals surface area contributed by atoms with Gasteiger partial charge in [0.1, 0.15) is 0 Å². The molecule has 0 saturated heterocycles. The number of rotatable bonds is 3. The molecular formula is C20H14ClIN2O3. The SMILES string of the molecule is O=C(O)c1cc(I)ccc1NC(=O)c1c2c(nc3ccc(Cl)cc13)CCC2. The molecule has 136 valence electrons. The Bertz CT molecular complexity index is 1110. The number of carbonyl (C=O) groups excluding carboxylic acids is 1. The van der Waals surface area contributed by atoms with Crippen molar-refractivity contribution in [2.45, 2.75) is 19.3 Å². The third kappa shape index (κ3) is 3.39. The summed E-state index contributed by atoms with van der Waals surface area (Å²) < 4.78 is 0.782. The number of fused-ring (bicyclic) bond motifs is 2. The Hall–Kier alpha value is -2.19. The van der Waals surface area contributed by atoms with Crippen LogP contribution in [0, 0.1) is 3.57 Å². The smallest absolute Gasteiger partial charge is 0.337 e. The number of anilines is 1. The highest BCUT2D eigenvalue weighted by atomic mass is 127. The fourth-order valence-corrected chi connectivity index (χ4v) is 4.14. The lowest BCUT2D eigenvalue weighted by molar-refractivity contribution is 0.0698. The zero-order valence-corrected chi connectivity index (χ0v) is 17.0. The highest BCUT2D eigenvalue weighted by Crippen LogP contribution is 2.32. The van der Waals surface area contributed by atoms with E-state index in [1.54, 1.807) is 30.3 Å². The Morgan fingerprint density at radius 3 is 2.74 bits per heavy atom. The van der Waals surface area contributed by atoms with Crippen LogP contribution in [-0.4, -0.2) is 22.0 Å². The van der Waals surface area contributed by atoms with E-state index in [4.69, 9.17) is 11.6 Å². The maximum Gasteiger partial charge on any atom is 0.337 e. The highest BCUT2D eigenvalue weighted by Gasteiger charge is 2.25. The van der Waals surface area contributed by atoms with Crippen LogP contribution in [0.25, 0.3) is 10.9 Å². The lowest BCUT2D eigenvalue weighted by Gasteiger charge is -2.14. The summed E-state index contributed by atoms with van der Waals surface area (Å²) in [6.45, 7) is 0. The van der Waals surface area contributed by atoms with Crippen molar-refractivity contribution in [2.24, 2.45) is 0 Å². The number of hydrogen-bond donors (Lipinski definition) is 2. The van der Waals surface area contributed by atoms with Crippen molar-refractivity contribution in [1.82, 2.24) is 4.98 Å². The van der Waals surface area contributed by atoms with Gasteiger partial charge in [0, 0.05) is 19.7 Å². The van der Waals surface area contributed by atoms with E-state index in [0.717, 1.165) is 34.1 Å². The Morgan fingerprint density at radius 2 is 1.96 bits per heavy atom. The average Bonchev–Trinajstić information content (AvgIpc) is 3.08. The van der Waals surface area contributed by atoms with E-state index >= 15 is 0 Å². The van der Waals surface area contributed by atoms with Crippen LogP contribution in [0.1, 0.15) is 38.4 Å². The van der Waals surface area contributed by atoms with Crippen LogP contribution in [0.15, 0.2) is 36.4 Å². The van der Waals surface area contributed by atoms with Gasteiger partial charge in [-0.05, 0) is 83.8 Å². The molecule has 1 aliphatic rings. The number of halogens is 2. The molecule has 5 nitrogen and oxygen atoms in total. The predicted octanol–water partition coefficient (Wildman–Crippen LogP) is 4.93. The number of carboxylic acid groups (broad SMARTS) is 1. The van der Waals surface area contributed by atoms with Crippen molar-refractivity contribution < 1.29 is 14.7 Å². The second-order valence-corrected chi connectivity index (χ2v) is 8.06. The number of aromatic carboxylic acids is 1. The molecule has 2 N–H and O–H groups in total. The van der Waals surface area contributed by atoms with E-state index in [1.165, 1.54) is 6.07 Å². The topological polar surface area (TPSA) is 79.3 Å². The second kappa shape index (κ2) is 7.09. The third-order valence-corrected chi connectivity index (χ3v) is 5.57. The van der Waals surface area contributed by atoms with Gasteiger partial charge >= 0.3 is 5.97 Å². The summed E-state index contributed by atoms with van der Waals surface area (Å²) in [5.74, 6) is -1.43. The monoisotopic (exact) mass is 492 g/mol. The standard InChI is InChI=1S/C20H14ClIN2O3/c21-10-4-6-16-13(8-10)18(12-2-1-3-15(12)23-16)19(25)24-17-7-5-11(22)9-14(17)20(26)27/h4-9H,1-3H2,(H,24,25)(H,26,27). The third-order valence-electron chi connectivity index (χ3n) is 4.66. The normalized spacial score (nSPS) is 12.8. The van der Waals surface area contributed by atoms with E-state index < -0.39 is 5.97 Å². The Morgan fingerprint density at radius 1 is 1.15 bits per heavy atom. The number of pyridine rings is 1. The Balaban J connectivity index is 1.85.